The molecule has 14 heavy (non-hydrogen) atoms. The van der Waals surface area contributed by atoms with Gasteiger partial charge in [0, 0.05) is 0 Å². The second kappa shape index (κ2) is 4.96. The topological polar surface area (TPSA) is 35.2 Å². The number of hydrogen-bond donors (Lipinski definition) is 1. The summed E-state index contributed by atoms with van der Waals surface area (Å²) in [7, 11) is 0. The SMILES string of the molecule is CCCOc1cc(C)ccc1C(N)=S. The fraction of sp³-hybridized carbons (Fsp3) is 0.364. The molecule has 0 bridgehead atoms. The van der Waals surface area contributed by atoms with E-state index in [0.717, 1.165) is 23.3 Å². The fourth-order valence-electron chi connectivity index (χ4n) is 1.16. The monoisotopic (exact) mass is 209 g/mol. The molecule has 0 saturated heterocycles. The van der Waals surface area contributed by atoms with Crippen molar-refractivity contribution in [2.24, 2.45) is 5.73 Å². The summed E-state index contributed by atoms with van der Waals surface area (Å²) in [5.74, 6) is 0.791. The highest BCUT2D eigenvalue weighted by atomic mass is 32.1. The summed E-state index contributed by atoms with van der Waals surface area (Å²) in [4.78, 5) is 0.385. The van der Waals surface area contributed by atoms with E-state index in [0.29, 0.717) is 11.6 Å². The summed E-state index contributed by atoms with van der Waals surface area (Å²) in [5.41, 5.74) is 7.56. The molecule has 0 atom stereocenters. The number of nitrogens with two attached hydrogens (primary N) is 1. The van der Waals surface area contributed by atoms with Crippen LogP contribution in [-0.2, 0) is 0 Å². The molecule has 76 valence electrons. The van der Waals surface area contributed by atoms with E-state index in [1.807, 2.05) is 25.1 Å². The minimum atomic E-state index is 0.385. The fourth-order valence-corrected chi connectivity index (χ4v) is 1.33. The Labute approximate surface area is 90.1 Å². The zero-order valence-corrected chi connectivity index (χ0v) is 9.36. The van der Waals surface area contributed by atoms with Crippen LogP contribution in [0.3, 0.4) is 0 Å². The van der Waals surface area contributed by atoms with Crippen molar-refractivity contribution < 1.29 is 4.74 Å². The Kier molecular flexibility index (Phi) is 3.89. The van der Waals surface area contributed by atoms with Crippen molar-refractivity contribution in [3.05, 3.63) is 29.3 Å². The van der Waals surface area contributed by atoms with Crippen LogP contribution in [0.15, 0.2) is 18.2 Å². The molecule has 2 nitrogen and oxygen atoms in total. The average molecular weight is 209 g/mol. The van der Waals surface area contributed by atoms with Gasteiger partial charge in [-0.05, 0) is 31.0 Å². The Balaban J connectivity index is 2.97. The van der Waals surface area contributed by atoms with E-state index in [2.05, 4.69) is 6.92 Å². The van der Waals surface area contributed by atoms with Gasteiger partial charge in [-0.25, -0.2) is 0 Å². The molecule has 0 aromatic heterocycles. The molecule has 1 aromatic carbocycles. The Bertz CT molecular complexity index is 336. The third-order valence-electron chi connectivity index (χ3n) is 1.86. The number of thiocarbonyl (C=S) groups is 1. The van der Waals surface area contributed by atoms with Crippen molar-refractivity contribution in [2.75, 3.05) is 6.61 Å². The molecule has 1 rings (SSSR count). The summed E-state index contributed by atoms with van der Waals surface area (Å²) in [5, 5.41) is 0. The van der Waals surface area contributed by atoms with Gasteiger partial charge in [0.1, 0.15) is 10.7 Å². The first-order valence-corrected chi connectivity index (χ1v) is 5.09. The van der Waals surface area contributed by atoms with E-state index < -0.39 is 0 Å². The maximum Gasteiger partial charge on any atom is 0.129 e. The predicted octanol–water partition coefficient (Wildman–Crippen LogP) is 2.42. The van der Waals surface area contributed by atoms with Gasteiger partial charge in [0.2, 0.25) is 0 Å². The smallest absolute Gasteiger partial charge is 0.129 e. The summed E-state index contributed by atoms with van der Waals surface area (Å²) in [6.07, 6.45) is 0.977. The normalized spacial score (nSPS) is 9.86. The quantitative estimate of drug-likeness (QED) is 0.773. The first-order valence-electron chi connectivity index (χ1n) is 4.68. The number of benzene rings is 1. The molecule has 0 spiro atoms. The van der Waals surface area contributed by atoms with Crippen molar-refractivity contribution in [3.63, 3.8) is 0 Å². The van der Waals surface area contributed by atoms with E-state index in [1.165, 1.54) is 0 Å². The molecule has 0 amide bonds. The zero-order valence-electron chi connectivity index (χ0n) is 8.54. The first kappa shape index (κ1) is 11.0. The second-order valence-electron chi connectivity index (χ2n) is 3.21. The van der Waals surface area contributed by atoms with Crippen LogP contribution in [0, 0.1) is 6.92 Å². The van der Waals surface area contributed by atoms with E-state index in [1.54, 1.807) is 0 Å². The van der Waals surface area contributed by atoms with Crippen LogP contribution in [0.2, 0.25) is 0 Å². The molecule has 0 fully saturated rings. The van der Waals surface area contributed by atoms with Crippen LogP contribution in [0.1, 0.15) is 24.5 Å². The number of ether oxygens (including phenoxy) is 1. The highest BCUT2D eigenvalue weighted by Crippen LogP contribution is 2.20. The highest BCUT2D eigenvalue weighted by Gasteiger charge is 2.05. The van der Waals surface area contributed by atoms with Gasteiger partial charge in [0.25, 0.3) is 0 Å². The highest BCUT2D eigenvalue weighted by molar-refractivity contribution is 7.80. The van der Waals surface area contributed by atoms with Crippen molar-refractivity contribution in [2.45, 2.75) is 20.3 Å². The Morgan fingerprint density at radius 3 is 2.79 bits per heavy atom. The Hall–Kier alpha value is -1.09. The third kappa shape index (κ3) is 2.70. The maximum atomic E-state index is 5.59. The summed E-state index contributed by atoms with van der Waals surface area (Å²) >= 11 is 4.94. The van der Waals surface area contributed by atoms with Crippen molar-refractivity contribution in [3.8, 4) is 5.75 Å². The molecule has 0 radical (unpaired) electrons. The van der Waals surface area contributed by atoms with Gasteiger partial charge < -0.3 is 10.5 Å². The largest absolute Gasteiger partial charge is 0.493 e. The van der Waals surface area contributed by atoms with Crippen LogP contribution in [0.25, 0.3) is 0 Å². The van der Waals surface area contributed by atoms with Crippen LogP contribution in [0.4, 0.5) is 0 Å². The first-order chi connectivity index (χ1) is 6.65. The van der Waals surface area contributed by atoms with Gasteiger partial charge in [0.05, 0.1) is 12.2 Å². The van der Waals surface area contributed by atoms with Crippen molar-refractivity contribution >= 4 is 17.2 Å². The molecular formula is C11H15NOS. The molecule has 2 N–H and O–H groups in total. The second-order valence-corrected chi connectivity index (χ2v) is 3.65. The number of aryl methyl sites for hydroxylation is 1. The Morgan fingerprint density at radius 2 is 2.21 bits per heavy atom. The van der Waals surface area contributed by atoms with Gasteiger partial charge in [0.15, 0.2) is 0 Å². The van der Waals surface area contributed by atoms with Crippen molar-refractivity contribution in [1.29, 1.82) is 0 Å². The molecule has 0 aliphatic heterocycles. The standard InChI is InChI=1S/C11H15NOS/c1-3-6-13-10-7-8(2)4-5-9(10)11(12)14/h4-5,7H,3,6H2,1-2H3,(H2,12,14). The minimum Gasteiger partial charge on any atom is -0.493 e. The van der Waals surface area contributed by atoms with E-state index in [-0.39, 0.29) is 0 Å². The van der Waals surface area contributed by atoms with Crippen LogP contribution < -0.4 is 10.5 Å². The van der Waals surface area contributed by atoms with Gasteiger partial charge in [-0.3, -0.25) is 0 Å². The zero-order chi connectivity index (χ0) is 10.6. The van der Waals surface area contributed by atoms with Gasteiger partial charge in [-0.2, -0.15) is 0 Å². The lowest BCUT2D eigenvalue weighted by atomic mass is 10.1. The molecular weight excluding hydrogens is 194 g/mol. The van der Waals surface area contributed by atoms with Gasteiger partial charge >= 0.3 is 0 Å². The molecule has 0 aliphatic rings. The molecule has 0 heterocycles. The molecule has 0 saturated carbocycles. The number of hydrogen-bond acceptors (Lipinski definition) is 2. The van der Waals surface area contributed by atoms with Gasteiger partial charge in [-0.1, -0.05) is 25.2 Å². The lowest BCUT2D eigenvalue weighted by molar-refractivity contribution is 0.316. The van der Waals surface area contributed by atoms with Crippen LogP contribution in [0.5, 0.6) is 5.75 Å². The lowest BCUT2D eigenvalue weighted by Gasteiger charge is -2.10. The van der Waals surface area contributed by atoms with Crippen LogP contribution in [-0.4, -0.2) is 11.6 Å². The van der Waals surface area contributed by atoms with E-state index >= 15 is 0 Å². The minimum absolute atomic E-state index is 0.385. The lowest BCUT2D eigenvalue weighted by Crippen LogP contribution is -2.12. The molecule has 3 heteroatoms. The summed E-state index contributed by atoms with van der Waals surface area (Å²) in [6.45, 7) is 4.78. The third-order valence-corrected chi connectivity index (χ3v) is 2.08. The summed E-state index contributed by atoms with van der Waals surface area (Å²) in [6, 6.07) is 5.85. The average Bonchev–Trinajstić information content (AvgIpc) is 2.14. The summed E-state index contributed by atoms with van der Waals surface area (Å²) < 4.78 is 5.56. The maximum absolute atomic E-state index is 5.59. The number of rotatable bonds is 4. The van der Waals surface area contributed by atoms with E-state index in [9.17, 15) is 0 Å². The molecule has 0 unspecified atom stereocenters. The molecule has 0 aliphatic carbocycles. The Morgan fingerprint density at radius 1 is 1.50 bits per heavy atom. The predicted molar refractivity (Wildman–Crippen MR) is 62.9 cm³/mol. The van der Waals surface area contributed by atoms with E-state index in [4.69, 9.17) is 22.7 Å². The van der Waals surface area contributed by atoms with Crippen molar-refractivity contribution in [1.82, 2.24) is 0 Å². The molecule has 1 aromatic rings. The van der Waals surface area contributed by atoms with Gasteiger partial charge in [-0.15, -0.1) is 0 Å². The van der Waals surface area contributed by atoms with Crippen LogP contribution >= 0.6 is 12.2 Å².